The molecule has 3 aliphatic rings. The van der Waals surface area contributed by atoms with Crippen molar-refractivity contribution < 1.29 is 28.8 Å². The Kier molecular flexibility index (Phi) is 5.81. The molecule has 2 aromatic rings. The molecule has 7 heteroatoms. The third-order valence-corrected chi connectivity index (χ3v) is 6.68. The smallest absolute Gasteiger partial charge is 0.306 e. The number of ether oxygens (including phenoxy) is 4. The molecule has 1 aliphatic heterocycles. The van der Waals surface area contributed by atoms with E-state index in [1.807, 2.05) is 37.3 Å². The second kappa shape index (κ2) is 8.88. The number of fused-ring (bicyclic) bond motifs is 1. The fraction of sp³-hybridized carbons (Fsp3) is 0.520. The van der Waals surface area contributed by atoms with Gasteiger partial charge in [0.2, 0.25) is 5.75 Å². The second-order valence-corrected chi connectivity index (χ2v) is 9.09. The Labute approximate surface area is 187 Å². The molecule has 170 valence electrons. The minimum absolute atomic E-state index is 0.0509. The largest absolute Gasteiger partial charge is 0.493 e. The molecule has 32 heavy (non-hydrogen) atoms. The summed E-state index contributed by atoms with van der Waals surface area (Å²) in [6, 6.07) is 9.79. The number of rotatable bonds is 9. The van der Waals surface area contributed by atoms with E-state index in [4.69, 9.17) is 18.9 Å². The number of benzene rings is 1. The van der Waals surface area contributed by atoms with Crippen LogP contribution in [0.1, 0.15) is 44.1 Å². The lowest BCUT2D eigenvalue weighted by Crippen LogP contribution is -2.37. The highest BCUT2D eigenvalue weighted by atomic mass is 16.6. The summed E-state index contributed by atoms with van der Waals surface area (Å²) in [4.78, 5) is 15.8. The van der Waals surface area contributed by atoms with Crippen LogP contribution in [0.3, 0.4) is 0 Å². The van der Waals surface area contributed by atoms with Crippen LogP contribution in [0.2, 0.25) is 0 Å². The number of aromatic nitrogens is 1. The maximum Gasteiger partial charge on any atom is 0.306 e. The molecule has 0 radical (unpaired) electrons. The summed E-state index contributed by atoms with van der Waals surface area (Å²) in [6.45, 7) is 3.44. The van der Waals surface area contributed by atoms with Crippen molar-refractivity contribution >= 4 is 5.97 Å². The van der Waals surface area contributed by atoms with Crippen LogP contribution in [0, 0.1) is 17.8 Å². The van der Waals surface area contributed by atoms with Gasteiger partial charge in [0.05, 0.1) is 18.6 Å². The number of hydrogen-bond acceptors (Lipinski definition) is 6. The first-order valence-corrected chi connectivity index (χ1v) is 11.5. The van der Waals surface area contributed by atoms with E-state index in [1.54, 1.807) is 6.20 Å². The van der Waals surface area contributed by atoms with Gasteiger partial charge in [0.15, 0.2) is 5.75 Å². The Hall–Kier alpha value is -2.96. The Balaban J connectivity index is 1.14. The zero-order chi connectivity index (χ0) is 22.1. The number of carbonyl (C=O) groups is 1. The number of pyridine rings is 1. The average Bonchev–Trinajstić information content (AvgIpc) is 3.61. The number of carboxylic acids is 1. The minimum atomic E-state index is -0.735. The zero-order valence-corrected chi connectivity index (χ0v) is 18.2. The van der Waals surface area contributed by atoms with Crippen LogP contribution in [0.4, 0.5) is 0 Å². The summed E-state index contributed by atoms with van der Waals surface area (Å²) < 4.78 is 23.4. The molecule has 0 amide bonds. The van der Waals surface area contributed by atoms with Crippen LogP contribution in [0.15, 0.2) is 36.5 Å². The number of nitrogens with zero attached hydrogens (tertiary/aromatic N) is 1. The van der Waals surface area contributed by atoms with Crippen molar-refractivity contribution in [2.75, 3.05) is 19.8 Å². The predicted octanol–water partition coefficient (Wildman–Crippen LogP) is 4.30. The highest BCUT2D eigenvalue weighted by Gasteiger charge is 2.39. The molecular weight excluding hydrogens is 410 g/mol. The van der Waals surface area contributed by atoms with Gasteiger partial charge in [-0.05, 0) is 61.1 Å². The highest BCUT2D eigenvalue weighted by Crippen LogP contribution is 2.47. The Morgan fingerprint density at radius 1 is 1.22 bits per heavy atom. The number of carboxylic acid groups (broad SMARTS) is 1. The number of hydrogen-bond donors (Lipinski definition) is 1. The lowest BCUT2D eigenvalue weighted by atomic mass is 9.82. The first-order valence-electron chi connectivity index (χ1n) is 11.5. The normalized spacial score (nSPS) is 23.5. The van der Waals surface area contributed by atoms with Crippen molar-refractivity contribution in [2.24, 2.45) is 17.8 Å². The van der Waals surface area contributed by atoms with E-state index in [2.05, 4.69) is 4.98 Å². The van der Waals surface area contributed by atoms with Gasteiger partial charge in [0, 0.05) is 12.3 Å². The third-order valence-electron chi connectivity index (χ3n) is 6.68. The summed E-state index contributed by atoms with van der Waals surface area (Å²) >= 11 is 0. The van der Waals surface area contributed by atoms with Crippen LogP contribution in [-0.2, 0) is 4.79 Å². The summed E-state index contributed by atoms with van der Waals surface area (Å²) in [5, 5.41) is 9.51. The standard InChI is InChI=1S/C25H29NO6/c1-15(25(27)28)22(17-5-6-17)18-3-2-4-19(13-18)31-14-16-11-20(12-16)32-21-7-8-26-24-23(21)29-9-10-30-24/h2-4,7-8,13,15-17,20,22H,5-6,9-12,14H2,1H3,(H,27,28)/t15-,16?,20?,22-/m0/s1. The van der Waals surface area contributed by atoms with Gasteiger partial charge >= 0.3 is 5.97 Å². The van der Waals surface area contributed by atoms with E-state index in [0.717, 1.165) is 37.0 Å². The molecule has 2 aliphatic carbocycles. The van der Waals surface area contributed by atoms with Crippen molar-refractivity contribution in [3.63, 3.8) is 0 Å². The predicted molar refractivity (Wildman–Crippen MR) is 117 cm³/mol. The minimum Gasteiger partial charge on any atom is -0.493 e. The van der Waals surface area contributed by atoms with Gasteiger partial charge < -0.3 is 24.1 Å². The lowest BCUT2D eigenvalue weighted by molar-refractivity contribution is -0.142. The maximum absolute atomic E-state index is 11.6. The van der Waals surface area contributed by atoms with E-state index in [1.165, 1.54) is 0 Å². The number of aliphatic carboxylic acids is 1. The molecule has 2 fully saturated rings. The SMILES string of the molecule is C[C@H](C(=O)O)[C@H](c1cccc(OCC2CC(Oc3ccnc4c3OCCO4)C2)c1)C1CC1. The summed E-state index contributed by atoms with van der Waals surface area (Å²) in [5.74, 6) is 2.40. The van der Waals surface area contributed by atoms with E-state index in [-0.39, 0.29) is 12.0 Å². The Bertz CT molecular complexity index is 969. The summed E-state index contributed by atoms with van der Waals surface area (Å²) in [5.41, 5.74) is 1.07. The molecule has 0 bridgehead atoms. The fourth-order valence-electron chi connectivity index (χ4n) is 4.71. The van der Waals surface area contributed by atoms with Gasteiger partial charge in [-0.2, -0.15) is 0 Å². The molecule has 0 unspecified atom stereocenters. The molecule has 1 aromatic heterocycles. The molecule has 2 atom stereocenters. The van der Waals surface area contributed by atoms with Crippen molar-refractivity contribution in [2.45, 2.75) is 44.6 Å². The van der Waals surface area contributed by atoms with E-state index < -0.39 is 11.9 Å². The van der Waals surface area contributed by atoms with Crippen molar-refractivity contribution in [1.82, 2.24) is 4.98 Å². The van der Waals surface area contributed by atoms with Crippen LogP contribution < -0.4 is 18.9 Å². The van der Waals surface area contributed by atoms with Gasteiger partial charge in [0.1, 0.15) is 19.0 Å². The molecule has 0 saturated heterocycles. The summed E-state index contributed by atoms with van der Waals surface area (Å²) in [7, 11) is 0. The second-order valence-electron chi connectivity index (χ2n) is 9.09. The van der Waals surface area contributed by atoms with E-state index in [9.17, 15) is 9.90 Å². The van der Waals surface area contributed by atoms with Crippen LogP contribution in [-0.4, -0.2) is 42.0 Å². The molecule has 0 spiro atoms. The molecule has 5 rings (SSSR count). The topological polar surface area (TPSA) is 87.1 Å². The highest BCUT2D eigenvalue weighted by molar-refractivity contribution is 5.71. The van der Waals surface area contributed by atoms with Gasteiger partial charge in [0.25, 0.3) is 5.88 Å². The lowest BCUT2D eigenvalue weighted by Gasteiger charge is -2.35. The van der Waals surface area contributed by atoms with Crippen LogP contribution in [0.25, 0.3) is 0 Å². The van der Waals surface area contributed by atoms with E-state index >= 15 is 0 Å². The third kappa shape index (κ3) is 4.47. The molecule has 7 nitrogen and oxygen atoms in total. The first kappa shape index (κ1) is 20.9. The van der Waals surface area contributed by atoms with Crippen molar-refractivity contribution in [3.8, 4) is 23.1 Å². The van der Waals surface area contributed by atoms with Gasteiger partial charge in [-0.25, -0.2) is 4.98 Å². The fourth-order valence-corrected chi connectivity index (χ4v) is 4.71. The molecule has 1 N–H and O–H groups in total. The van der Waals surface area contributed by atoms with Crippen LogP contribution >= 0.6 is 0 Å². The van der Waals surface area contributed by atoms with Gasteiger partial charge in [-0.3, -0.25) is 4.79 Å². The molecule has 2 heterocycles. The van der Waals surface area contributed by atoms with Crippen LogP contribution in [0.5, 0.6) is 23.1 Å². The molecule has 1 aromatic carbocycles. The first-order chi connectivity index (χ1) is 15.6. The maximum atomic E-state index is 11.6. The quantitative estimate of drug-likeness (QED) is 0.623. The zero-order valence-electron chi connectivity index (χ0n) is 18.2. The van der Waals surface area contributed by atoms with Gasteiger partial charge in [-0.1, -0.05) is 19.1 Å². The summed E-state index contributed by atoms with van der Waals surface area (Å²) in [6.07, 6.45) is 5.85. The average molecular weight is 440 g/mol. The van der Waals surface area contributed by atoms with E-state index in [0.29, 0.717) is 49.0 Å². The van der Waals surface area contributed by atoms with Crippen molar-refractivity contribution in [3.05, 3.63) is 42.1 Å². The van der Waals surface area contributed by atoms with Gasteiger partial charge in [-0.15, -0.1) is 0 Å². The molecular formula is C25H29NO6. The monoisotopic (exact) mass is 439 g/mol. The molecule has 2 saturated carbocycles. The van der Waals surface area contributed by atoms with Crippen molar-refractivity contribution in [1.29, 1.82) is 0 Å². The Morgan fingerprint density at radius 3 is 2.81 bits per heavy atom. The Morgan fingerprint density at radius 2 is 2.03 bits per heavy atom.